The van der Waals surface area contributed by atoms with E-state index in [0.29, 0.717) is 0 Å². The zero-order chi connectivity index (χ0) is 15.5. The number of guanidine groups is 1. The van der Waals surface area contributed by atoms with Gasteiger partial charge in [0, 0.05) is 39.1 Å². The summed E-state index contributed by atoms with van der Waals surface area (Å²) in [5.74, 6) is 0.980. The van der Waals surface area contributed by atoms with E-state index in [-0.39, 0.29) is 24.0 Å². The first-order valence-electron chi connectivity index (χ1n) is 7.68. The third-order valence-electron chi connectivity index (χ3n) is 3.38. The molecule has 0 radical (unpaired) electrons. The third-order valence-corrected chi connectivity index (χ3v) is 3.38. The molecule has 124 valence electrons. The van der Waals surface area contributed by atoms with Crippen LogP contribution in [0.1, 0.15) is 30.9 Å². The fourth-order valence-electron chi connectivity index (χ4n) is 2.11. The molecule has 0 aliphatic rings. The molecule has 0 spiro atoms. The van der Waals surface area contributed by atoms with E-state index >= 15 is 0 Å². The van der Waals surface area contributed by atoms with Crippen LogP contribution in [-0.2, 0) is 6.42 Å². The molecule has 0 aromatic carbocycles. The molecular weight excluding hydrogens is 387 g/mol. The summed E-state index contributed by atoms with van der Waals surface area (Å²) in [6, 6.07) is 2.07. The van der Waals surface area contributed by atoms with Gasteiger partial charge in [-0.3, -0.25) is 9.98 Å². The van der Waals surface area contributed by atoms with Crippen molar-refractivity contribution in [2.75, 3.05) is 26.7 Å². The molecule has 5 heteroatoms. The second-order valence-corrected chi connectivity index (χ2v) is 5.14. The van der Waals surface area contributed by atoms with E-state index in [0.717, 1.165) is 44.9 Å². The molecule has 0 atom stereocenters. The molecule has 0 saturated heterocycles. The molecule has 4 nitrogen and oxygen atoms in total. The predicted octanol–water partition coefficient (Wildman–Crippen LogP) is 3.41. The van der Waals surface area contributed by atoms with Crippen LogP contribution in [0, 0.1) is 6.92 Å². The quantitative estimate of drug-likeness (QED) is 0.232. The Morgan fingerprint density at radius 1 is 1.50 bits per heavy atom. The largest absolute Gasteiger partial charge is 0.357 e. The molecule has 1 N–H and O–H groups in total. The van der Waals surface area contributed by atoms with Crippen molar-refractivity contribution in [1.82, 2.24) is 15.2 Å². The molecule has 22 heavy (non-hydrogen) atoms. The van der Waals surface area contributed by atoms with Gasteiger partial charge >= 0.3 is 0 Å². The van der Waals surface area contributed by atoms with Crippen molar-refractivity contribution in [3.63, 3.8) is 0 Å². The Hall–Kier alpha value is -1.11. The van der Waals surface area contributed by atoms with Crippen molar-refractivity contribution in [3.05, 3.63) is 42.2 Å². The molecule has 0 unspecified atom stereocenters. The molecule has 0 aliphatic heterocycles. The summed E-state index contributed by atoms with van der Waals surface area (Å²) in [5, 5.41) is 3.35. The van der Waals surface area contributed by atoms with Crippen LogP contribution in [0.25, 0.3) is 0 Å². The van der Waals surface area contributed by atoms with Crippen LogP contribution in [0.4, 0.5) is 0 Å². The lowest BCUT2D eigenvalue weighted by atomic mass is 10.1. The van der Waals surface area contributed by atoms with Crippen molar-refractivity contribution in [2.24, 2.45) is 4.99 Å². The Morgan fingerprint density at radius 3 is 2.91 bits per heavy atom. The number of pyridine rings is 1. The summed E-state index contributed by atoms with van der Waals surface area (Å²) in [6.07, 6.45) is 8.81. The summed E-state index contributed by atoms with van der Waals surface area (Å²) in [4.78, 5) is 11.0. The molecule has 0 saturated carbocycles. The summed E-state index contributed by atoms with van der Waals surface area (Å²) in [6.45, 7) is 10.6. The molecule has 1 rings (SSSR count). The molecule has 0 bridgehead atoms. The Kier molecular flexibility index (Phi) is 11.8. The van der Waals surface area contributed by atoms with Gasteiger partial charge in [0.2, 0.25) is 0 Å². The summed E-state index contributed by atoms with van der Waals surface area (Å²) >= 11 is 0. The summed E-state index contributed by atoms with van der Waals surface area (Å²) in [5.41, 5.74) is 2.55. The van der Waals surface area contributed by atoms with Gasteiger partial charge < -0.3 is 10.2 Å². The molecule has 0 amide bonds. The maximum atomic E-state index is 4.71. The third kappa shape index (κ3) is 7.77. The van der Waals surface area contributed by atoms with Crippen LogP contribution in [-0.4, -0.2) is 42.5 Å². The number of hydrogen-bond acceptors (Lipinski definition) is 2. The monoisotopic (exact) mass is 416 g/mol. The van der Waals surface area contributed by atoms with Gasteiger partial charge in [-0.15, -0.1) is 30.6 Å². The minimum Gasteiger partial charge on any atom is -0.357 e. The van der Waals surface area contributed by atoms with Crippen LogP contribution >= 0.6 is 24.0 Å². The highest BCUT2D eigenvalue weighted by Crippen LogP contribution is 2.06. The van der Waals surface area contributed by atoms with E-state index in [2.05, 4.69) is 48.7 Å². The van der Waals surface area contributed by atoms with Gasteiger partial charge in [0.25, 0.3) is 0 Å². The van der Waals surface area contributed by atoms with Crippen molar-refractivity contribution in [1.29, 1.82) is 0 Å². The van der Waals surface area contributed by atoms with Crippen LogP contribution in [0.2, 0.25) is 0 Å². The maximum absolute atomic E-state index is 4.71. The zero-order valence-corrected chi connectivity index (χ0v) is 16.3. The van der Waals surface area contributed by atoms with E-state index in [1.54, 1.807) is 0 Å². The fourth-order valence-corrected chi connectivity index (χ4v) is 2.11. The molecule has 0 aliphatic carbocycles. The normalized spacial score (nSPS) is 10.8. The van der Waals surface area contributed by atoms with Crippen LogP contribution < -0.4 is 5.32 Å². The Balaban J connectivity index is 0.00000441. The average Bonchev–Trinajstić information content (AvgIpc) is 2.48. The first kappa shape index (κ1) is 20.9. The number of hydrogen-bond donors (Lipinski definition) is 1. The Morgan fingerprint density at radius 2 is 2.27 bits per heavy atom. The SMILES string of the molecule is C=CCCCN(C)C(=NCCc1ccncc1C)NCC.I. The van der Waals surface area contributed by atoms with Crippen LogP contribution in [0.3, 0.4) is 0 Å². The summed E-state index contributed by atoms with van der Waals surface area (Å²) < 4.78 is 0. The highest BCUT2D eigenvalue weighted by atomic mass is 127. The first-order valence-corrected chi connectivity index (χ1v) is 7.68. The highest BCUT2D eigenvalue weighted by molar-refractivity contribution is 14.0. The van der Waals surface area contributed by atoms with Crippen molar-refractivity contribution < 1.29 is 0 Å². The van der Waals surface area contributed by atoms with E-state index in [1.807, 2.05) is 18.5 Å². The average molecular weight is 416 g/mol. The number of aliphatic imine (C=N–C) groups is 1. The van der Waals surface area contributed by atoms with E-state index < -0.39 is 0 Å². The van der Waals surface area contributed by atoms with Crippen LogP contribution in [0.5, 0.6) is 0 Å². The van der Waals surface area contributed by atoms with Crippen molar-refractivity contribution in [2.45, 2.75) is 33.1 Å². The second kappa shape index (κ2) is 12.4. The minimum atomic E-state index is 0. The van der Waals surface area contributed by atoms with E-state index in [9.17, 15) is 0 Å². The zero-order valence-electron chi connectivity index (χ0n) is 14.0. The molecular formula is C17H29IN4. The number of aryl methyl sites for hydroxylation is 1. The second-order valence-electron chi connectivity index (χ2n) is 5.14. The van der Waals surface area contributed by atoms with E-state index in [4.69, 9.17) is 4.99 Å². The molecule has 0 fully saturated rings. The van der Waals surface area contributed by atoms with Gasteiger partial charge in [0.05, 0.1) is 0 Å². The number of nitrogens with one attached hydrogen (secondary N) is 1. The van der Waals surface area contributed by atoms with Gasteiger partial charge in [-0.2, -0.15) is 0 Å². The van der Waals surface area contributed by atoms with Gasteiger partial charge in [-0.25, -0.2) is 0 Å². The number of halogens is 1. The molecule has 1 aromatic rings. The Bertz CT molecular complexity index is 460. The molecule has 1 aromatic heterocycles. The number of aromatic nitrogens is 1. The number of rotatable bonds is 8. The van der Waals surface area contributed by atoms with E-state index in [1.165, 1.54) is 11.1 Å². The van der Waals surface area contributed by atoms with Gasteiger partial charge in [0.15, 0.2) is 5.96 Å². The topological polar surface area (TPSA) is 40.5 Å². The number of allylic oxidation sites excluding steroid dienone is 1. The Labute approximate surface area is 152 Å². The van der Waals surface area contributed by atoms with Crippen molar-refractivity contribution >= 4 is 29.9 Å². The molecule has 1 heterocycles. The lowest BCUT2D eigenvalue weighted by Crippen LogP contribution is -2.39. The van der Waals surface area contributed by atoms with Gasteiger partial charge in [-0.1, -0.05) is 6.08 Å². The minimum absolute atomic E-state index is 0. The van der Waals surface area contributed by atoms with Crippen LogP contribution in [0.15, 0.2) is 36.1 Å². The lowest BCUT2D eigenvalue weighted by molar-refractivity contribution is 0.470. The number of nitrogens with zero attached hydrogens (tertiary/aromatic N) is 3. The lowest BCUT2D eigenvalue weighted by Gasteiger charge is -2.21. The van der Waals surface area contributed by atoms with Gasteiger partial charge in [-0.05, 0) is 50.3 Å². The fraction of sp³-hybridized carbons (Fsp3) is 0.529. The smallest absolute Gasteiger partial charge is 0.193 e. The first-order chi connectivity index (χ1) is 10.2. The number of unbranched alkanes of at least 4 members (excludes halogenated alkanes) is 1. The van der Waals surface area contributed by atoms with Gasteiger partial charge in [0.1, 0.15) is 0 Å². The predicted molar refractivity (Wildman–Crippen MR) is 106 cm³/mol. The standard InChI is InChI=1S/C17H28N4.HI/c1-5-7-8-13-21(4)17(19-6-2)20-12-10-16-9-11-18-14-15(16)3;/h5,9,11,14H,1,6-8,10,12-13H2,2-4H3,(H,19,20);1H. The summed E-state index contributed by atoms with van der Waals surface area (Å²) in [7, 11) is 2.09. The van der Waals surface area contributed by atoms with Crippen molar-refractivity contribution in [3.8, 4) is 0 Å². The maximum Gasteiger partial charge on any atom is 0.193 e. The highest BCUT2D eigenvalue weighted by Gasteiger charge is 2.04.